The zero-order valence-electron chi connectivity index (χ0n) is 11.4. The Morgan fingerprint density at radius 1 is 1.09 bits per heavy atom. The lowest BCUT2D eigenvalue weighted by molar-refractivity contribution is 0.0852. The van der Waals surface area contributed by atoms with Gasteiger partial charge in [0.25, 0.3) is 5.91 Å². The van der Waals surface area contributed by atoms with Crippen molar-refractivity contribution >= 4 is 38.5 Å². The normalized spacial score (nSPS) is 17.3. The highest BCUT2D eigenvalue weighted by Gasteiger charge is 2.33. The molecule has 2 aromatic carbocycles. The maximum atomic E-state index is 12.4. The number of fused-ring (bicyclic) bond motifs is 8. The van der Waals surface area contributed by atoms with E-state index in [0.717, 1.165) is 32.6 Å². The molecule has 5 nitrogen and oxygen atoms in total. The minimum atomic E-state index is -0.993. The highest BCUT2D eigenvalue weighted by Crippen LogP contribution is 2.41. The third kappa shape index (κ3) is 1.27. The molecule has 0 bridgehead atoms. The van der Waals surface area contributed by atoms with E-state index in [-0.39, 0.29) is 5.91 Å². The van der Waals surface area contributed by atoms with E-state index in [2.05, 4.69) is 15.3 Å². The number of H-pyrrole nitrogens is 1. The fourth-order valence-corrected chi connectivity index (χ4v) is 3.49. The number of nitrogens with one attached hydrogen (secondary N) is 2. The highest BCUT2D eigenvalue weighted by atomic mass is 16.3. The van der Waals surface area contributed by atoms with E-state index in [0.29, 0.717) is 11.1 Å². The van der Waals surface area contributed by atoms with Gasteiger partial charge in [-0.2, -0.15) is 0 Å². The summed E-state index contributed by atoms with van der Waals surface area (Å²) in [6.07, 6.45) is 2.42. The summed E-state index contributed by atoms with van der Waals surface area (Å²) in [5.74, 6) is -0.247. The lowest BCUT2D eigenvalue weighted by Crippen LogP contribution is -2.18. The van der Waals surface area contributed by atoms with Crippen molar-refractivity contribution < 1.29 is 9.90 Å². The standard InChI is InChI=1S/C17H11N3O2/c21-16-13-10-7-18-6-5-8(10)15-12(14(13)17(22)20-16)9-3-1-2-4-11(9)19-15/h1-7,16,19,21H,(H,20,22)/t16-/m0/s1. The summed E-state index contributed by atoms with van der Waals surface area (Å²) in [5, 5.41) is 16.4. The number of nitrogens with zero attached hydrogens (tertiary/aromatic N) is 1. The van der Waals surface area contributed by atoms with Crippen LogP contribution in [0.4, 0.5) is 0 Å². The van der Waals surface area contributed by atoms with Gasteiger partial charge in [-0.15, -0.1) is 0 Å². The molecule has 0 radical (unpaired) electrons. The molecule has 5 heteroatoms. The second-order valence-electron chi connectivity index (χ2n) is 5.51. The van der Waals surface area contributed by atoms with Gasteiger partial charge in [0.05, 0.1) is 11.1 Å². The maximum absolute atomic E-state index is 12.4. The van der Waals surface area contributed by atoms with Crippen molar-refractivity contribution in [2.45, 2.75) is 6.23 Å². The molecule has 0 aliphatic carbocycles. The van der Waals surface area contributed by atoms with Crippen LogP contribution in [-0.4, -0.2) is 21.0 Å². The number of hydrogen-bond donors (Lipinski definition) is 3. The number of rotatable bonds is 0. The van der Waals surface area contributed by atoms with Gasteiger partial charge >= 0.3 is 0 Å². The van der Waals surface area contributed by atoms with Gasteiger partial charge in [0.2, 0.25) is 0 Å². The molecule has 3 N–H and O–H groups in total. The number of pyridine rings is 1. The monoisotopic (exact) mass is 289 g/mol. The number of aromatic amines is 1. The van der Waals surface area contributed by atoms with Crippen molar-refractivity contribution in [1.29, 1.82) is 0 Å². The minimum Gasteiger partial charge on any atom is -0.369 e. The van der Waals surface area contributed by atoms with Crippen molar-refractivity contribution in [3.8, 4) is 0 Å². The summed E-state index contributed by atoms with van der Waals surface area (Å²) in [7, 11) is 0. The third-order valence-electron chi connectivity index (χ3n) is 4.37. The van der Waals surface area contributed by atoms with Crippen LogP contribution in [0.1, 0.15) is 22.1 Å². The van der Waals surface area contributed by atoms with E-state index in [4.69, 9.17) is 0 Å². The summed E-state index contributed by atoms with van der Waals surface area (Å²) in [6, 6.07) is 9.78. The van der Waals surface area contributed by atoms with Gasteiger partial charge in [0.1, 0.15) is 0 Å². The molecule has 0 saturated heterocycles. The first-order valence-electron chi connectivity index (χ1n) is 7.04. The quantitative estimate of drug-likeness (QED) is 0.465. The third-order valence-corrected chi connectivity index (χ3v) is 4.37. The van der Waals surface area contributed by atoms with Crippen LogP contribution in [0.25, 0.3) is 32.6 Å². The molecule has 1 amide bonds. The molecule has 0 unspecified atom stereocenters. The lowest BCUT2D eigenvalue weighted by atomic mass is 9.96. The Kier molecular flexibility index (Phi) is 2.04. The number of hydrogen-bond acceptors (Lipinski definition) is 3. The molecule has 3 heterocycles. The molecule has 1 atom stereocenters. The zero-order valence-corrected chi connectivity index (χ0v) is 11.4. The summed E-state index contributed by atoms with van der Waals surface area (Å²) < 4.78 is 0. The molecule has 0 spiro atoms. The van der Waals surface area contributed by atoms with Gasteiger partial charge in [-0.1, -0.05) is 18.2 Å². The number of para-hydroxylation sites is 1. The van der Waals surface area contributed by atoms with E-state index in [9.17, 15) is 9.90 Å². The van der Waals surface area contributed by atoms with Crippen LogP contribution in [0.15, 0.2) is 42.7 Å². The smallest absolute Gasteiger partial charge is 0.254 e. The molecule has 22 heavy (non-hydrogen) atoms. The van der Waals surface area contributed by atoms with E-state index in [1.54, 1.807) is 12.4 Å². The van der Waals surface area contributed by atoms with Crippen molar-refractivity contribution in [3.63, 3.8) is 0 Å². The fraction of sp³-hybridized carbons (Fsp3) is 0.0588. The van der Waals surface area contributed by atoms with Crippen molar-refractivity contribution in [2.75, 3.05) is 0 Å². The maximum Gasteiger partial charge on any atom is 0.254 e. The zero-order chi connectivity index (χ0) is 14.8. The van der Waals surface area contributed by atoms with Crippen LogP contribution in [-0.2, 0) is 0 Å². The molecule has 1 aliphatic rings. The average Bonchev–Trinajstić information content (AvgIpc) is 3.05. The van der Waals surface area contributed by atoms with Crippen LogP contribution in [0, 0.1) is 0 Å². The van der Waals surface area contributed by atoms with Crippen molar-refractivity contribution in [1.82, 2.24) is 15.3 Å². The van der Waals surface area contributed by atoms with Gasteiger partial charge < -0.3 is 15.4 Å². The van der Waals surface area contributed by atoms with Crippen molar-refractivity contribution in [3.05, 3.63) is 53.9 Å². The first-order valence-corrected chi connectivity index (χ1v) is 7.04. The predicted molar refractivity (Wildman–Crippen MR) is 83.5 cm³/mol. The van der Waals surface area contributed by atoms with Crippen LogP contribution in [0.3, 0.4) is 0 Å². The second-order valence-corrected chi connectivity index (χ2v) is 5.51. The van der Waals surface area contributed by atoms with Gasteiger partial charge in [0, 0.05) is 45.0 Å². The van der Waals surface area contributed by atoms with Crippen LogP contribution < -0.4 is 5.32 Å². The van der Waals surface area contributed by atoms with E-state index in [1.807, 2.05) is 30.3 Å². The van der Waals surface area contributed by atoms with Gasteiger partial charge in [0.15, 0.2) is 6.23 Å². The number of amides is 1. The SMILES string of the molecule is O=C1N[C@@H](O)c2c1c1c3ccccc3[nH]c1c1ccncc21. The van der Waals surface area contributed by atoms with Crippen LogP contribution >= 0.6 is 0 Å². The van der Waals surface area contributed by atoms with Crippen LogP contribution in [0.5, 0.6) is 0 Å². The highest BCUT2D eigenvalue weighted by molar-refractivity contribution is 6.27. The van der Waals surface area contributed by atoms with Gasteiger partial charge in [-0.25, -0.2) is 0 Å². The van der Waals surface area contributed by atoms with E-state index >= 15 is 0 Å². The number of aromatic nitrogens is 2. The first kappa shape index (κ1) is 11.7. The number of carbonyl (C=O) groups excluding carboxylic acids is 1. The molecule has 106 valence electrons. The summed E-state index contributed by atoms with van der Waals surface area (Å²) in [4.78, 5) is 19.9. The molecule has 4 aromatic rings. The van der Waals surface area contributed by atoms with Crippen molar-refractivity contribution in [2.24, 2.45) is 0 Å². The Bertz CT molecular complexity index is 1100. The summed E-state index contributed by atoms with van der Waals surface area (Å²) in [6.45, 7) is 0. The molecule has 0 saturated carbocycles. The number of aliphatic hydroxyl groups is 1. The molecular weight excluding hydrogens is 278 g/mol. The predicted octanol–water partition coefficient (Wildman–Crippen LogP) is 2.60. The Balaban J connectivity index is 2.17. The number of aliphatic hydroxyl groups excluding tert-OH is 1. The number of benzene rings is 2. The Hall–Kier alpha value is -2.92. The topological polar surface area (TPSA) is 78.0 Å². The summed E-state index contributed by atoms with van der Waals surface area (Å²) in [5.41, 5.74) is 3.03. The van der Waals surface area contributed by atoms with E-state index in [1.165, 1.54) is 0 Å². The molecule has 5 rings (SSSR count). The summed E-state index contributed by atoms with van der Waals surface area (Å²) >= 11 is 0. The lowest BCUT2D eigenvalue weighted by Gasteiger charge is -2.08. The fourth-order valence-electron chi connectivity index (χ4n) is 3.49. The molecule has 1 aliphatic heterocycles. The molecule has 0 fully saturated rings. The first-order chi connectivity index (χ1) is 10.8. The Morgan fingerprint density at radius 2 is 1.95 bits per heavy atom. The second kappa shape index (κ2) is 3.84. The van der Waals surface area contributed by atoms with Gasteiger partial charge in [-0.05, 0) is 12.1 Å². The van der Waals surface area contributed by atoms with Gasteiger partial charge in [-0.3, -0.25) is 9.78 Å². The Labute approximate surface area is 124 Å². The van der Waals surface area contributed by atoms with Crippen LogP contribution in [0.2, 0.25) is 0 Å². The average molecular weight is 289 g/mol. The Morgan fingerprint density at radius 3 is 2.86 bits per heavy atom. The largest absolute Gasteiger partial charge is 0.369 e. The molecule has 2 aromatic heterocycles. The number of carbonyl (C=O) groups is 1. The minimum absolute atomic E-state index is 0.247. The van der Waals surface area contributed by atoms with E-state index < -0.39 is 6.23 Å². The molecular formula is C17H11N3O2.